The van der Waals surface area contributed by atoms with Crippen molar-refractivity contribution >= 4 is 33.3 Å². The molecule has 33 heavy (non-hydrogen) atoms. The molecule has 2 fully saturated rings. The number of aryl methyl sites for hydroxylation is 1. The van der Waals surface area contributed by atoms with Crippen LogP contribution in [-0.2, 0) is 32.5 Å². The molecule has 0 saturated carbocycles. The standard InChI is InChI=1S/C23H29ClN4O4S/c1-15-20(16(2)28(25-15)19-8-9-33(31,32)14-19)13-26(3)23(30)18-10-22(29)27(12-18)11-17-6-4-5-7-21(17)24/h4-7,18-19H,8-14H2,1-3H3. The lowest BCUT2D eigenvalue weighted by molar-refractivity contribution is -0.135. The van der Waals surface area contributed by atoms with E-state index in [0.29, 0.717) is 31.1 Å². The molecule has 2 aliphatic heterocycles. The first-order chi connectivity index (χ1) is 15.6. The zero-order chi connectivity index (χ0) is 23.9. The summed E-state index contributed by atoms with van der Waals surface area (Å²) in [6, 6.07) is 7.24. The second-order valence-electron chi connectivity index (χ2n) is 9.11. The first-order valence-electron chi connectivity index (χ1n) is 11.1. The summed E-state index contributed by atoms with van der Waals surface area (Å²) in [7, 11) is -1.28. The van der Waals surface area contributed by atoms with Crippen molar-refractivity contribution in [3.05, 3.63) is 51.8 Å². The van der Waals surface area contributed by atoms with Gasteiger partial charge in [-0.3, -0.25) is 14.3 Å². The Kier molecular flexibility index (Phi) is 6.55. The highest BCUT2D eigenvalue weighted by molar-refractivity contribution is 7.91. The minimum atomic E-state index is -3.02. The van der Waals surface area contributed by atoms with Crippen molar-refractivity contribution in [2.75, 3.05) is 25.1 Å². The zero-order valence-corrected chi connectivity index (χ0v) is 20.7. The molecule has 0 bridgehead atoms. The average molecular weight is 493 g/mol. The predicted octanol–water partition coefficient (Wildman–Crippen LogP) is 2.52. The van der Waals surface area contributed by atoms with Crippen molar-refractivity contribution in [1.29, 1.82) is 0 Å². The van der Waals surface area contributed by atoms with Crippen LogP contribution in [0.4, 0.5) is 0 Å². The van der Waals surface area contributed by atoms with Crippen LogP contribution in [0.25, 0.3) is 0 Å². The van der Waals surface area contributed by atoms with Gasteiger partial charge in [-0.1, -0.05) is 29.8 Å². The normalized spacial score (nSPS) is 22.2. The molecule has 0 aliphatic carbocycles. The molecule has 10 heteroatoms. The van der Waals surface area contributed by atoms with E-state index in [2.05, 4.69) is 5.10 Å². The van der Waals surface area contributed by atoms with Crippen molar-refractivity contribution in [2.24, 2.45) is 5.92 Å². The quantitative estimate of drug-likeness (QED) is 0.617. The average Bonchev–Trinajstić information content (AvgIpc) is 3.39. The molecule has 0 radical (unpaired) electrons. The minimum Gasteiger partial charge on any atom is -0.341 e. The fraction of sp³-hybridized carbons (Fsp3) is 0.522. The lowest BCUT2D eigenvalue weighted by atomic mass is 10.1. The molecule has 8 nitrogen and oxygen atoms in total. The minimum absolute atomic E-state index is 0.0516. The van der Waals surface area contributed by atoms with Crippen LogP contribution in [0.3, 0.4) is 0 Å². The summed E-state index contributed by atoms with van der Waals surface area (Å²) in [5.74, 6) is -0.247. The number of sulfone groups is 1. The molecule has 178 valence electrons. The van der Waals surface area contributed by atoms with Crippen LogP contribution in [0, 0.1) is 19.8 Å². The first kappa shape index (κ1) is 23.8. The Morgan fingerprint density at radius 1 is 1.27 bits per heavy atom. The van der Waals surface area contributed by atoms with E-state index in [1.807, 2.05) is 32.0 Å². The molecule has 2 unspecified atom stereocenters. The maximum Gasteiger partial charge on any atom is 0.228 e. The number of benzene rings is 1. The smallest absolute Gasteiger partial charge is 0.228 e. The van der Waals surface area contributed by atoms with Gasteiger partial charge in [-0.05, 0) is 31.9 Å². The molecule has 1 aromatic carbocycles. The van der Waals surface area contributed by atoms with Crippen molar-refractivity contribution in [2.45, 2.75) is 45.8 Å². The van der Waals surface area contributed by atoms with E-state index < -0.39 is 15.8 Å². The molecule has 0 N–H and O–H groups in total. The van der Waals surface area contributed by atoms with Gasteiger partial charge in [-0.25, -0.2) is 8.42 Å². The number of hydrogen-bond donors (Lipinski definition) is 0. The SMILES string of the molecule is Cc1nn(C2CCS(=O)(=O)C2)c(C)c1CN(C)C(=O)C1CC(=O)N(Cc2ccccc2Cl)C1. The summed E-state index contributed by atoms with van der Waals surface area (Å²) < 4.78 is 25.6. The molecule has 2 atom stereocenters. The third-order valence-corrected chi connectivity index (χ3v) is 8.80. The number of nitrogens with zero attached hydrogens (tertiary/aromatic N) is 4. The second kappa shape index (κ2) is 9.10. The zero-order valence-electron chi connectivity index (χ0n) is 19.1. The summed E-state index contributed by atoms with van der Waals surface area (Å²) in [4.78, 5) is 29.0. The van der Waals surface area contributed by atoms with E-state index in [4.69, 9.17) is 11.6 Å². The Hall–Kier alpha value is -2.39. The van der Waals surface area contributed by atoms with Crippen LogP contribution in [0.15, 0.2) is 24.3 Å². The van der Waals surface area contributed by atoms with Gasteiger partial charge >= 0.3 is 0 Å². The third-order valence-electron chi connectivity index (χ3n) is 6.68. The first-order valence-corrected chi connectivity index (χ1v) is 13.3. The molecule has 0 spiro atoms. The number of rotatable bonds is 6. The maximum absolute atomic E-state index is 13.1. The summed E-state index contributed by atoms with van der Waals surface area (Å²) in [5.41, 5.74) is 3.46. The lowest BCUT2D eigenvalue weighted by Gasteiger charge is -2.22. The van der Waals surface area contributed by atoms with Gasteiger partial charge in [0.05, 0.1) is 29.2 Å². The van der Waals surface area contributed by atoms with Crippen molar-refractivity contribution in [1.82, 2.24) is 19.6 Å². The Bertz CT molecular complexity index is 1190. The predicted molar refractivity (Wildman–Crippen MR) is 125 cm³/mol. The molecule has 2 amide bonds. The topological polar surface area (TPSA) is 92.6 Å². The maximum atomic E-state index is 13.1. The van der Waals surface area contributed by atoms with Crippen molar-refractivity contribution in [3.63, 3.8) is 0 Å². The van der Waals surface area contributed by atoms with Gasteiger partial charge in [0.15, 0.2) is 9.84 Å². The fourth-order valence-electron chi connectivity index (χ4n) is 4.80. The lowest BCUT2D eigenvalue weighted by Crippen LogP contribution is -2.34. The summed E-state index contributed by atoms with van der Waals surface area (Å²) in [6.07, 6.45) is 0.745. The summed E-state index contributed by atoms with van der Waals surface area (Å²) in [5, 5.41) is 5.19. The fourth-order valence-corrected chi connectivity index (χ4v) is 6.69. The van der Waals surface area contributed by atoms with Gasteiger partial charge in [0.2, 0.25) is 11.8 Å². The van der Waals surface area contributed by atoms with Gasteiger partial charge in [-0.2, -0.15) is 5.10 Å². The van der Waals surface area contributed by atoms with Crippen LogP contribution < -0.4 is 0 Å². The van der Waals surface area contributed by atoms with Crippen LogP contribution in [-0.4, -0.2) is 64.9 Å². The summed E-state index contributed by atoms with van der Waals surface area (Å²) in [6.45, 7) is 4.92. The summed E-state index contributed by atoms with van der Waals surface area (Å²) >= 11 is 6.23. The van der Waals surface area contributed by atoms with Gasteiger partial charge in [-0.15, -0.1) is 0 Å². The molecule has 1 aromatic heterocycles. The van der Waals surface area contributed by atoms with Crippen molar-refractivity contribution < 1.29 is 18.0 Å². The van der Waals surface area contributed by atoms with Crippen LogP contribution in [0.5, 0.6) is 0 Å². The molecule has 3 heterocycles. The number of carbonyl (C=O) groups excluding carboxylic acids is 2. The monoisotopic (exact) mass is 492 g/mol. The number of halogens is 1. The van der Waals surface area contributed by atoms with E-state index in [9.17, 15) is 18.0 Å². The van der Waals surface area contributed by atoms with E-state index in [1.165, 1.54) is 0 Å². The molecule has 2 aromatic rings. The molecule has 4 rings (SSSR count). The van der Waals surface area contributed by atoms with Gasteiger partial charge in [0.1, 0.15) is 0 Å². The van der Waals surface area contributed by atoms with Gasteiger partial charge in [0.25, 0.3) is 0 Å². The highest BCUT2D eigenvalue weighted by Gasteiger charge is 2.36. The highest BCUT2D eigenvalue weighted by atomic mass is 35.5. The van der Waals surface area contributed by atoms with Crippen LogP contribution in [0.2, 0.25) is 5.02 Å². The second-order valence-corrected chi connectivity index (χ2v) is 11.7. The number of hydrogen-bond acceptors (Lipinski definition) is 5. The van der Waals surface area contributed by atoms with Gasteiger partial charge < -0.3 is 9.80 Å². The number of aromatic nitrogens is 2. The number of carbonyl (C=O) groups is 2. The molecular formula is C23H29ClN4O4S. The molecule has 2 saturated heterocycles. The van der Waals surface area contributed by atoms with Crippen LogP contribution in [0.1, 0.15) is 41.4 Å². The Labute approximate surface area is 199 Å². The van der Waals surface area contributed by atoms with Gasteiger partial charge in [0, 0.05) is 49.4 Å². The van der Waals surface area contributed by atoms with E-state index >= 15 is 0 Å². The van der Waals surface area contributed by atoms with E-state index in [1.54, 1.807) is 27.6 Å². The Morgan fingerprint density at radius 2 is 2.00 bits per heavy atom. The largest absolute Gasteiger partial charge is 0.341 e. The molecular weight excluding hydrogens is 464 g/mol. The Morgan fingerprint density at radius 3 is 2.67 bits per heavy atom. The number of amides is 2. The van der Waals surface area contributed by atoms with Crippen LogP contribution >= 0.6 is 11.6 Å². The number of likely N-dealkylation sites (tertiary alicyclic amines) is 1. The third kappa shape index (κ3) is 4.94. The molecule has 2 aliphatic rings. The van der Waals surface area contributed by atoms with E-state index in [-0.39, 0.29) is 35.8 Å². The van der Waals surface area contributed by atoms with Crippen molar-refractivity contribution in [3.8, 4) is 0 Å². The van der Waals surface area contributed by atoms with E-state index in [0.717, 1.165) is 22.5 Å². The highest BCUT2D eigenvalue weighted by Crippen LogP contribution is 2.28. The Balaban J connectivity index is 1.42.